The number of piperidine rings is 2. The smallest absolute Gasteiger partial charge is 0.250 e. The Kier molecular flexibility index (Phi) is 5.33. The van der Waals surface area contributed by atoms with E-state index in [0.717, 1.165) is 29.7 Å². The van der Waals surface area contributed by atoms with Crippen LogP contribution in [0.3, 0.4) is 0 Å². The van der Waals surface area contributed by atoms with Crippen molar-refractivity contribution in [1.29, 1.82) is 0 Å². The molecule has 6 heteroatoms. The van der Waals surface area contributed by atoms with Crippen LogP contribution in [0.4, 0.5) is 0 Å². The summed E-state index contributed by atoms with van der Waals surface area (Å²) in [6.07, 6.45) is 12.4. The van der Waals surface area contributed by atoms with Gasteiger partial charge in [0.2, 0.25) is 0 Å². The molecule has 3 aliphatic rings. The number of nitrogens with one attached hydrogen (secondary N) is 1. The van der Waals surface area contributed by atoms with Crippen molar-refractivity contribution in [3.05, 3.63) is 70.3 Å². The maximum Gasteiger partial charge on any atom is 0.250 e. The number of benzene rings is 1. The fourth-order valence-corrected chi connectivity index (χ4v) is 6.01. The Bertz CT molecular complexity index is 1330. The summed E-state index contributed by atoms with van der Waals surface area (Å²) >= 11 is 0. The van der Waals surface area contributed by atoms with Gasteiger partial charge in [-0.15, -0.1) is 10.2 Å². The van der Waals surface area contributed by atoms with Crippen LogP contribution in [-0.4, -0.2) is 32.0 Å². The van der Waals surface area contributed by atoms with Gasteiger partial charge in [-0.05, 0) is 91.0 Å². The minimum absolute atomic E-state index is 0.0807. The fraction of sp³-hybridized carbons (Fsp3) is 0.393. The van der Waals surface area contributed by atoms with Crippen molar-refractivity contribution >= 4 is 5.57 Å². The summed E-state index contributed by atoms with van der Waals surface area (Å²) in [6, 6.07) is 12.3. The summed E-state index contributed by atoms with van der Waals surface area (Å²) in [5.74, 6) is 0.701. The molecule has 174 valence electrons. The third kappa shape index (κ3) is 3.86. The number of phenols is 1. The van der Waals surface area contributed by atoms with Gasteiger partial charge in [-0.2, -0.15) is 0 Å². The molecule has 1 aliphatic carbocycles. The van der Waals surface area contributed by atoms with Crippen molar-refractivity contribution in [2.75, 3.05) is 0 Å². The highest BCUT2D eigenvalue weighted by Crippen LogP contribution is 2.41. The van der Waals surface area contributed by atoms with Gasteiger partial charge >= 0.3 is 0 Å². The van der Waals surface area contributed by atoms with Crippen molar-refractivity contribution in [1.82, 2.24) is 20.1 Å². The molecule has 0 spiro atoms. The topological polar surface area (TPSA) is 80.0 Å². The molecule has 2 bridgehead atoms. The molecule has 1 unspecified atom stereocenters. The molecule has 0 radical (unpaired) electrons. The number of hydrogen-bond donors (Lipinski definition) is 2. The molecule has 2 aromatic heterocycles. The van der Waals surface area contributed by atoms with Crippen LogP contribution in [0.5, 0.6) is 5.75 Å². The number of pyridine rings is 1. The second-order valence-electron chi connectivity index (χ2n) is 10.1. The van der Waals surface area contributed by atoms with Crippen LogP contribution in [-0.2, 0) is 13.5 Å². The third-order valence-corrected chi connectivity index (χ3v) is 7.79. The molecular formula is C28H30N4O2. The largest absolute Gasteiger partial charge is 0.507 e. The third-order valence-electron chi connectivity index (χ3n) is 7.79. The Labute approximate surface area is 199 Å². The van der Waals surface area contributed by atoms with E-state index in [0.29, 0.717) is 29.3 Å². The zero-order valence-corrected chi connectivity index (χ0v) is 19.5. The van der Waals surface area contributed by atoms with Gasteiger partial charge in [-0.25, -0.2) is 0 Å². The number of nitrogens with zero attached hydrogens (tertiary/aromatic N) is 3. The van der Waals surface area contributed by atoms with E-state index in [9.17, 15) is 9.90 Å². The van der Waals surface area contributed by atoms with E-state index in [1.165, 1.54) is 47.8 Å². The Morgan fingerprint density at radius 2 is 1.82 bits per heavy atom. The minimum Gasteiger partial charge on any atom is -0.507 e. The molecule has 2 N–H and O–H groups in total. The molecule has 0 saturated carbocycles. The van der Waals surface area contributed by atoms with E-state index < -0.39 is 0 Å². The molecule has 6 nitrogen and oxygen atoms in total. The lowest BCUT2D eigenvalue weighted by molar-refractivity contribution is 0.213. The molecule has 0 amide bonds. The first-order valence-corrected chi connectivity index (χ1v) is 12.4. The summed E-state index contributed by atoms with van der Waals surface area (Å²) in [4.78, 5) is 12.0. The fourth-order valence-electron chi connectivity index (χ4n) is 6.01. The zero-order chi connectivity index (χ0) is 23.2. The minimum atomic E-state index is -0.0807. The van der Waals surface area contributed by atoms with Gasteiger partial charge in [0, 0.05) is 37.0 Å². The lowest BCUT2D eigenvalue weighted by atomic mass is 9.74. The molecular weight excluding hydrogens is 424 g/mol. The van der Waals surface area contributed by atoms with Crippen LogP contribution in [0, 0.1) is 5.92 Å². The van der Waals surface area contributed by atoms with Gasteiger partial charge in [0.15, 0.2) is 0 Å². The lowest BCUT2D eigenvalue weighted by Gasteiger charge is -2.41. The van der Waals surface area contributed by atoms with Gasteiger partial charge in [0.1, 0.15) is 5.75 Å². The second-order valence-corrected chi connectivity index (χ2v) is 10.1. The predicted octanol–water partition coefficient (Wildman–Crippen LogP) is 4.47. The van der Waals surface area contributed by atoms with E-state index in [1.807, 2.05) is 18.2 Å². The Morgan fingerprint density at radius 1 is 1.03 bits per heavy atom. The van der Waals surface area contributed by atoms with Gasteiger partial charge in [-0.3, -0.25) is 4.79 Å². The van der Waals surface area contributed by atoms with Crippen LogP contribution < -0.4 is 10.9 Å². The van der Waals surface area contributed by atoms with Gasteiger partial charge in [0.25, 0.3) is 5.56 Å². The Morgan fingerprint density at radius 3 is 2.59 bits per heavy atom. The van der Waals surface area contributed by atoms with E-state index >= 15 is 0 Å². The molecule has 6 rings (SSSR count). The Balaban J connectivity index is 1.29. The quantitative estimate of drug-likeness (QED) is 0.611. The number of aryl methyl sites for hydroxylation is 2. The van der Waals surface area contributed by atoms with E-state index in [2.05, 4.69) is 22.6 Å². The number of allylic oxidation sites excluding steroid dienone is 2. The standard InChI is InChI=1S/C28H30N4O2/c1-32-11-10-18(16-27(32)34)17-8-9-24(26(33)15-17)25-14-19-4-2-7-23(28(19)31-30-25)20-12-21-5-3-6-22(13-20)29-21/h7-11,14-16,20-22,29,33H,2-6,12-13H2,1H3/t20?,21-,22+. The summed E-state index contributed by atoms with van der Waals surface area (Å²) in [6.45, 7) is 0. The highest BCUT2D eigenvalue weighted by Gasteiger charge is 2.34. The highest BCUT2D eigenvalue weighted by molar-refractivity contribution is 5.76. The molecule has 3 aromatic rings. The number of aromatic hydroxyl groups is 1. The first kappa shape index (κ1) is 21.3. The van der Waals surface area contributed by atoms with Crippen LogP contribution in [0.1, 0.15) is 49.8 Å². The van der Waals surface area contributed by atoms with E-state index in [-0.39, 0.29) is 11.3 Å². The number of hydrogen-bond acceptors (Lipinski definition) is 5. The van der Waals surface area contributed by atoms with Crippen LogP contribution >= 0.6 is 0 Å². The van der Waals surface area contributed by atoms with Crippen molar-refractivity contribution in [3.63, 3.8) is 0 Å². The lowest BCUT2D eigenvalue weighted by Crippen LogP contribution is -2.48. The Hall–Kier alpha value is -3.25. The second kappa shape index (κ2) is 8.51. The number of fused-ring (bicyclic) bond motifs is 3. The van der Waals surface area contributed by atoms with Gasteiger partial charge in [-0.1, -0.05) is 18.6 Å². The number of aromatic nitrogens is 3. The molecule has 1 aromatic carbocycles. The first-order valence-electron chi connectivity index (χ1n) is 12.4. The SMILES string of the molecule is Cn1ccc(-c2ccc(-c3cc4c(nn3)C(C3C[C@H]5CCC[C@@H](C3)N5)=CCC4)c(O)c2)cc1=O. The van der Waals surface area contributed by atoms with Crippen LogP contribution in [0.25, 0.3) is 28.0 Å². The maximum absolute atomic E-state index is 12.0. The first-order chi connectivity index (χ1) is 16.5. The zero-order valence-electron chi connectivity index (χ0n) is 19.5. The van der Waals surface area contributed by atoms with Crippen LogP contribution in [0.2, 0.25) is 0 Å². The molecule has 34 heavy (non-hydrogen) atoms. The average molecular weight is 455 g/mol. The van der Waals surface area contributed by atoms with Crippen molar-refractivity contribution in [2.24, 2.45) is 13.0 Å². The number of phenolic OH excluding ortho intramolecular Hbond substituents is 1. The average Bonchev–Trinajstić information content (AvgIpc) is 2.84. The highest BCUT2D eigenvalue weighted by atomic mass is 16.3. The monoisotopic (exact) mass is 454 g/mol. The van der Waals surface area contributed by atoms with Crippen molar-refractivity contribution in [3.8, 4) is 28.1 Å². The van der Waals surface area contributed by atoms with Crippen molar-refractivity contribution in [2.45, 2.75) is 57.0 Å². The summed E-state index contributed by atoms with van der Waals surface area (Å²) < 4.78 is 1.53. The molecule has 3 atom stereocenters. The molecule has 2 saturated heterocycles. The van der Waals surface area contributed by atoms with Crippen molar-refractivity contribution < 1.29 is 5.11 Å². The molecule has 4 heterocycles. The molecule has 2 aliphatic heterocycles. The maximum atomic E-state index is 12.0. The normalized spacial score (nSPS) is 23.8. The summed E-state index contributed by atoms with van der Waals surface area (Å²) in [7, 11) is 1.72. The predicted molar refractivity (Wildman–Crippen MR) is 133 cm³/mol. The van der Waals surface area contributed by atoms with E-state index in [1.54, 1.807) is 25.4 Å². The summed E-state index contributed by atoms with van der Waals surface area (Å²) in [5.41, 5.74) is 6.50. The summed E-state index contributed by atoms with van der Waals surface area (Å²) in [5, 5.41) is 23.9. The molecule has 2 fully saturated rings. The van der Waals surface area contributed by atoms with Crippen LogP contribution in [0.15, 0.2) is 53.5 Å². The number of rotatable bonds is 3. The van der Waals surface area contributed by atoms with E-state index in [4.69, 9.17) is 5.10 Å². The van der Waals surface area contributed by atoms with Gasteiger partial charge < -0.3 is 15.0 Å². The van der Waals surface area contributed by atoms with Gasteiger partial charge in [0.05, 0.1) is 11.4 Å².